The van der Waals surface area contributed by atoms with E-state index in [-0.39, 0.29) is 5.91 Å². The summed E-state index contributed by atoms with van der Waals surface area (Å²) in [5, 5.41) is 3.23. The summed E-state index contributed by atoms with van der Waals surface area (Å²) < 4.78 is 1.78. The van der Waals surface area contributed by atoms with E-state index in [1.165, 1.54) is 0 Å². The van der Waals surface area contributed by atoms with Crippen molar-refractivity contribution in [1.29, 1.82) is 0 Å². The van der Waals surface area contributed by atoms with Gasteiger partial charge in [-0.1, -0.05) is 6.07 Å². The van der Waals surface area contributed by atoms with E-state index < -0.39 is 0 Å². The Morgan fingerprint density at radius 3 is 3.00 bits per heavy atom. The fourth-order valence-corrected chi connectivity index (χ4v) is 1.62. The minimum atomic E-state index is -0.334. The highest BCUT2D eigenvalue weighted by atomic mass is 32.1. The van der Waals surface area contributed by atoms with Crippen molar-refractivity contribution in [1.82, 2.24) is 25.6 Å². The van der Waals surface area contributed by atoms with Crippen molar-refractivity contribution in [2.24, 2.45) is 0 Å². The zero-order chi connectivity index (χ0) is 13.0. The van der Waals surface area contributed by atoms with Crippen LogP contribution in [0, 0.1) is 0 Å². The standard InChI is InChI=1S/C11H13N5OS/c1-2-12-11(18)15-14-10(17)8-7-16-6-4-3-5-9(16)13-8/h3-7H,2H2,1H3,(H,14,17)(H2,12,15,18). The van der Waals surface area contributed by atoms with Gasteiger partial charge in [-0.3, -0.25) is 15.6 Å². The Balaban J connectivity index is 2.02. The molecular weight excluding hydrogens is 250 g/mol. The first-order chi connectivity index (χ1) is 8.70. The van der Waals surface area contributed by atoms with Crippen LogP contribution >= 0.6 is 12.2 Å². The van der Waals surface area contributed by atoms with E-state index in [4.69, 9.17) is 12.2 Å². The molecule has 18 heavy (non-hydrogen) atoms. The molecule has 0 atom stereocenters. The molecule has 0 aromatic carbocycles. The van der Waals surface area contributed by atoms with Gasteiger partial charge >= 0.3 is 0 Å². The van der Waals surface area contributed by atoms with Crippen LogP contribution in [-0.4, -0.2) is 26.9 Å². The first-order valence-electron chi connectivity index (χ1n) is 5.48. The largest absolute Gasteiger partial charge is 0.362 e. The van der Waals surface area contributed by atoms with E-state index in [9.17, 15) is 4.79 Å². The molecule has 0 aliphatic heterocycles. The van der Waals surface area contributed by atoms with Crippen molar-refractivity contribution in [3.63, 3.8) is 0 Å². The van der Waals surface area contributed by atoms with E-state index in [1.54, 1.807) is 10.6 Å². The second kappa shape index (κ2) is 5.46. The number of fused-ring (bicyclic) bond motifs is 1. The van der Waals surface area contributed by atoms with Gasteiger partial charge in [-0.05, 0) is 31.3 Å². The van der Waals surface area contributed by atoms with E-state index in [1.807, 2.05) is 31.3 Å². The molecular formula is C11H13N5OS. The van der Waals surface area contributed by atoms with Crippen LogP contribution in [0.3, 0.4) is 0 Å². The Morgan fingerprint density at radius 1 is 1.44 bits per heavy atom. The lowest BCUT2D eigenvalue weighted by Gasteiger charge is -2.08. The molecule has 0 aliphatic rings. The number of thiocarbonyl (C=S) groups is 1. The summed E-state index contributed by atoms with van der Waals surface area (Å²) in [4.78, 5) is 16.0. The lowest BCUT2D eigenvalue weighted by molar-refractivity contribution is 0.0939. The molecule has 2 aromatic rings. The average molecular weight is 263 g/mol. The van der Waals surface area contributed by atoms with Crippen LogP contribution in [0.5, 0.6) is 0 Å². The van der Waals surface area contributed by atoms with Crippen molar-refractivity contribution in [3.8, 4) is 0 Å². The number of rotatable bonds is 2. The van der Waals surface area contributed by atoms with Gasteiger partial charge < -0.3 is 9.72 Å². The molecule has 0 unspecified atom stereocenters. The number of nitrogens with one attached hydrogen (secondary N) is 3. The van der Waals surface area contributed by atoms with Crippen molar-refractivity contribution in [2.45, 2.75) is 6.92 Å². The normalized spacial score (nSPS) is 10.1. The summed E-state index contributed by atoms with van der Waals surface area (Å²) in [6.07, 6.45) is 3.48. The summed E-state index contributed by atoms with van der Waals surface area (Å²) in [5.41, 5.74) is 6.12. The maximum absolute atomic E-state index is 11.8. The zero-order valence-electron chi connectivity index (χ0n) is 9.80. The molecule has 2 aromatic heterocycles. The zero-order valence-corrected chi connectivity index (χ0v) is 10.6. The molecule has 2 heterocycles. The second-order valence-corrected chi connectivity index (χ2v) is 3.94. The van der Waals surface area contributed by atoms with Gasteiger partial charge in [0.1, 0.15) is 11.3 Å². The van der Waals surface area contributed by atoms with Crippen LogP contribution in [0.1, 0.15) is 17.4 Å². The van der Waals surface area contributed by atoms with Gasteiger partial charge in [0, 0.05) is 18.9 Å². The molecule has 0 spiro atoms. The molecule has 0 bridgehead atoms. The molecule has 0 radical (unpaired) electrons. The number of amides is 1. The number of pyridine rings is 1. The number of hydrogen-bond donors (Lipinski definition) is 3. The van der Waals surface area contributed by atoms with E-state index >= 15 is 0 Å². The summed E-state index contributed by atoms with van der Waals surface area (Å²) in [6.45, 7) is 2.61. The van der Waals surface area contributed by atoms with Crippen LogP contribution in [0.15, 0.2) is 30.6 Å². The fourth-order valence-electron chi connectivity index (χ4n) is 1.43. The first kappa shape index (κ1) is 12.3. The molecule has 7 heteroatoms. The SMILES string of the molecule is CCNC(=S)NNC(=O)c1cn2ccccc2n1. The van der Waals surface area contributed by atoms with Gasteiger partial charge in [0.05, 0.1) is 0 Å². The Bertz CT molecular complexity index is 547. The minimum absolute atomic E-state index is 0.327. The lowest BCUT2D eigenvalue weighted by atomic mass is 10.5. The molecule has 0 fully saturated rings. The third kappa shape index (κ3) is 2.75. The molecule has 2 rings (SSSR count). The Hall–Kier alpha value is -2.15. The van der Waals surface area contributed by atoms with Gasteiger partial charge in [0.2, 0.25) is 0 Å². The molecule has 0 saturated heterocycles. The number of carbonyl (C=O) groups is 1. The van der Waals surface area contributed by atoms with Gasteiger partial charge in [0.25, 0.3) is 5.91 Å². The topological polar surface area (TPSA) is 70.5 Å². The number of hydrogen-bond acceptors (Lipinski definition) is 3. The van der Waals surface area contributed by atoms with Crippen LogP contribution in [0.2, 0.25) is 0 Å². The highest BCUT2D eigenvalue weighted by Crippen LogP contribution is 2.03. The highest BCUT2D eigenvalue weighted by molar-refractivity contribution is 7.80. The minimum Gasteiger partial charge on any atom is -0.362 e. The van der Waals surface area contributed by atoms with Gasteiger partial charge in [-0.25, -0.2) is 4.98 Å². The number of nitrogens with zero attached hydrogens (tertiary/aromatic N) is 2. The van der Waals surface area contributed by atoms with Crippen molar-refractivity contribution < 1.29 is 4.79 Å². The van der Waals surface area contributed by atoms with Crippen LogP contribution in [0.4, 0.5) is 0 Å². The Kier molecular flexibility index (Phi) is 3.73. The fraction of sp³-hybridized carbons (Fsp3) is 0.182. The summed E-state index contributed by atoms with van der Waals surface area (Å²) in [7, 11) is 0. The van der Waals surface area contributed by atoms with Crippen molar-refractivity contribution in [2.75, 3.05) is 6.54 Å². The monoisotopic (exact) mass is 263 g/mol. The van der Waals surface area contributed by atoms with Crippen LogP contribution < -0.4 is 16.2 Å². The van der Waals surface area contributed by atoms with Crippen molar-refractivity contribution in [3.05, 3.63) is 36.3 Å². The van der Waals surface area contributed by atoms with Gasteiger partial charge in [0.15, 0.2) is 5.11 Å². The molecule has 0 saturated carbocycles. The summed E-state index contributed by atoms with van der Waals surface area (Å²) in [5.74, 6) is -0.334. The predicted octanol–water partition coefficient (Wildman–Crippen LogP) is 0.463. The molecule has 6 nitrogen and oxygen atoms in total. The predicted molar refractivity (Wildman–Crippen MR) is 72.1 cm³/mol. The van der Waals surface area contributed by atoms with E-state index in [0.717, 1.165) is 5.65 Å². The quantitative estimate of drug-likeness (QED) is 0.542. The average Bonchev–Trinajstić information content (AvgIpc) is 2.80. The number of hydrazine groups is 1. The number of aromatic nitrogens is 2. The van der Waals surface area contributed by atoms with E-state index in [0.29, 0.717) is 17.4 Å². The Labute approximate surface area is 109 Å². The number of carbonyl (C=O) groups excluding carboxylic acids is 1. The first-order valence-corrected chi connectivity index (χ1v) is 5.89. The van der Waals surface area contributed by atoms with Gasteiger partial charge in [-0.15, -0.1) is 0 Å². The molecule has 0 aliphatic carbocycles. The number of imidazole rings is 1. The van der Waals surface area contributed by atoms with Crippen molar-refractivity contribution >= 4 is 28.9 Å². The molecule has 3 N–H and O–H groups in total. The third-order valence-corrected chi connectivity index (χ3v) is 2.47. The third-order valence-electron chi connectivity index (χ3n) is 2.22. The van der Waals surface area contributed by atoms with Gasteiger partial charge in [-0.2, -0.15) is 0 Å². The van der Waals surface area contributed by atoms with Crippen LogP contribution in [0.25, 0.3) is 5.65 Å². The maximum Gasteiger partial charge on any atom is 0.289 e. The van der Waals surface area contributed by atoms with Crippen LogP contribution in [-0.2, 0) is 0 Å². The summed E-state index contributed by atoms with van der Waals surface area (Å²) in [6, 6.07) is 5.56. The molecule has 94 valence electrons. The lowest BCUT2D eigenvalue weighted by Crippen LogP contribution is -2.46. The smallest absolute Gasteiger partial charge is 0.289 e. The van der Waals surface area contributed by atoms with E-state index in [2.05, 4.69) is 21.2 Å². The molecule has 1 amide bonds. The maximum atomic E-state index is 11.8. The second-order valence-electron chi connectivity index (χ2n) is 3.53. The summed E-state index contributed by atoms with van der Waals surface area (Å²) >= 11 is 4.92. The highest BCUT2D eigenvalue weighted by Gasteiger charge is 2.10. The Morgan fingerprint density at radius 2 is 2.28 bits per heavy atom.